The van der Waals surface area contributed by atoms with Crippen LogP contribution in [0.3, 0.4) is 0 Å². The third-order valence-electron chi connectivity index (χ3n) is 7.20. The molecule has 0 saturated carbocycles. The highest BCUT2D eigenvalue weighted by Gasteiger charge is 2.32. The number of methoxy groups -OCH3 is 1. The van der Waals surface area contributed by atoms with Gasteiger partial charge in [-0.25, -0.2) is 4.79 Å². The first-order valence-electron chi connectivity index (χ1n) is 13.8. The Bertz CT molecular complexity index is 1180. The van der Waals surface area contributed by atoms with Gasteiger partial charge < -0.3 is 19.3 Å². The summed E-state index contributed by atoms with van der Waals surface area (Å²) in [6.07, 6.45) is 5.31. The highest BCUT2D eigenvalue weighted by atomic mass is 16.6. The summed E-state index contributed by atoms with van der Waals surface area (Å²) in [5.41, 5.74) is 4.56. The van der Waals surface area contributed by atoms with E-state index in [9.17, 15) is 14.4 Å². The molecule has 2 aliphatic rings. The minimum atomic E-state index is -0.564. The molecule has 7 heteroatoms. The summed E-state index contributed by atoms with van der Waals surface area (Å²) in [5.74, 6) is 1.16. The van der Waals surface area contributed by atoms with E-state index in [0.717, 1.165) is 65.9 Å². The molecule has 2 aromatic carbocycles. The fourth-order valence-corrected chi connectivity index (χ4v) is 5.31. The number of ketones is 1. The summed E-state index contributed by atoms with van der Waals surface area (Å²) in [4.78, 5) is 41.7. The zero-order valence-corrected chi connectivity index (χ0v) is 23.2. The Morgan fingerprint density at radius 2 is 1.71 bits per heavy atom. The molecule has 2 aliphatic heterocycles. The van der Waals surface area contributed by atoms with Crippen LogP contribution in [-0.2, 0) is 28.8 Å². The largest absolute Gasteiger partial charge is 0.496 e. The lowest BCUT2D eigenvalue weighted by molar-refractivity contribution is -0.118. The van der Waals surface area contributed by atoms with E-state index in [1.807, 2.05) is 62.1 Å². The van der Waals surface area contributed by atoms with Crippen LogP contribution in [0.2, 0.25) is 0 Å². The molecule has 0 fully saturated rings. The summed E-state index contributed by atoms with van der Waals surface area (Å²) >= 11 is 0. The van der Waals surface area contributed by atoms with E-state index in [-0.39, 0.29) is 17.8 Å². The third kappa shape index (κ3) is 6.74. The van der Waals surface area contributed by atoms with E-state index in [0.29, 0.717) is 38.8 Å². The third-order valence-corrected chi connectivity index (χ3v) is 7.20. The first kappa shape index (κ1) is 27.7. The lowest BCUT2D eigenvalue weighted by Crippen LogP contribution is -2.38. The number of hydrogen-bond acceptors (Lipinski definition) is 5. The van der Waals surface area contributed by atoms with Crippen molar-refractivity contribution in [2.24, 2.45) is 0 Å². The second-order valence-electron chi connectivity index (χ2n) is 11.2. The van der Waals surface area contributed by atoms with Crippen molar-refractivity contribution >= 4 is 23.5 Å². The maximum absolute atomic E-state index is 13.0. The molecule has 204 valence electrons. The van der Waals surface area contributed by atoms with Gasteiger partial charge >= 0.3 is 6.09 Å². The first-order valence-corrected chi connectivity index (χ1v) is 13.8. The van der Waals surface area contributed by atoms with Gasteiger partial charge in [-0.1, -0.05) is 24.6 Å². The van der Waals surface area contributed by atoms with Crippen molar-refractivity contribution in [1.29, 1.82) is 0 Å². The SMILES string of the molecule is COc1ccccc1CCN(CCCCCC(=O)c1cc2c3c(c1)CCN3C(=O)CC2)C(=O)OC(C)(C)C. The van der Waals surface area contributed by atoms with Crippen LogP contribution in [0, 0.1) is 0 Å². The Morgan fingerprint density at radius 3 is 2.45 bits per heavy atom. The number of hydrogen-bond donors (Lipinski definition) is 0. The van der Waals surface area contributed by atoms with Crippen molar-refractivity contribution in [1.82, 2.24) is 4.90 Å². The van der Waals surface area contributed by atoms with E-state index < -0.39 is 5.60 Å². The summed E-state index contributed by atoms with van der Waals surface area (Å²) in [6.45, 7) is 7.45. The highest BCUT2D eigenvalue weighted by molar-refractivity contribution is 6.02. The molecule has 2 amide bonds. The van der Waals surface area contributed by atoms with Gasteiger partial charge in [-0.2, -0.15) is 0 Å². The maximum atomic E-state index is 13.0. The van der Waals surface area contributed by atoms with Crippen LogP contribution in [0.25, 0.3) is 0 Å². The van der Waals surface area contributed by atoms with E-state index >= 15 is 0 Å². The van der Waals surface area contributed by atoms with Crippen LogP contribution in [0.1, 0.15) is 79.9 Å². The lowest BCUT2D eigenvalue weighted by atomic mass is 9.94. The second-order valence-corrected chi connectivity index (χ2v) is 11.2. The van der Waals surface area contributed by atoms with E-state index in [4.69, 9.17) is 9.47 Å². The fraction of sp³-hybridized carbons (Fsp3) is 0.516. The van der Waals surface area contributed by atoms with Crippen molar-refractivity contribution in [3.05, 3.63) is 58.7 Å². The number of aryl methyl sites for hydroxylation is 1. The molecule has 0 bridgehead atoms. The van der Waals surface area contributed by atoms with Crippen molar-refractivity contribution < 1.29 is 23.9 Å². The molecule has 38 heavy (non-hydrogen) atoms. The van der Waals surface area contributed by atoms with Crippen LogP contribution in [0.15, 0.2) is 36.4 Å². The molecule has 0 spiro atoms. The van der Waals surface area contributed by atoms with Gasteiger partial charge in [-0.05, 0) is 87.8 Å². The normalized spacial score (nSPS) is 14.3. The van der Waals surface area contributed by atoms with E-state index in [1.165, 1.54) is 0 Å². The minimum Gasteiger partial charge on any atom is -0.496 e. The molecule has 0 aromatic heterocycles. The number of Topliss-reactive ketones (excluding diaryl/α,β-unsaturated/α-hetero) is 1. The van der Waals surface area contributed by atoms with Gasteiger partial charge in [-0.15, -0.1) is 0 Å². The molecule has 7 nitrogen and oxygen atoms in total. The standard InChI is InChI=1S/C31H40N2O5/c1-31(2,3)38-30(36)32(18-15-22-10-7-8-12-27(22)37-4)17-9-5-6-11-26(34)25-20-23-13-14-28(35)33-19-16-24(21-25)29(23)33/h7-8,10,12,20-21H,5-6,9,11,13-19H2,1-4H3. The van der Waals surface area contributed by atoms with Crippen molar-refractivity contribution in [2.75, 3.05) is 31.6 Å². The molecular formula is C31H40N2O5. The van der Waals surface area contributed by atoms with Crippen molar-refractivity contribution in [2.45, 2.75) is 77.7 Å². The van der Waals surface area contributed by atoms with Gasteiger partial charge in [0.15, 0.2) is 5.78 Å². The number of ether oxygens (including phenoxy) is 2. The number of carbonyl (C=O) groups is 3. The van der Waals surface area contributed by atoms with Gasteiger partial charge in [0.2, 0.25) is 5.91 Å². The average Bonchev–Trinajstić information content (AvgIpc) is 3.32. The molecule has 0 radical (unpaired) electrons. The number of rotatable bonds is 11. The number of benzene rings is 2. The molecule has 2 aromatic rings. The van der Waals surface area contributed by atoms with Crippen LogP contribution in [-0.4, -0.2) is 55.0 Å². The van der Waals surface area contributed by atoms with Crippen LogP contribution in [0.4, 0.5) is 10.5 Å². The summed E-state index contributed by atoms with van der Waals surface area (Å²) in [5, 5.41) is 0. The number of carbonyl (C=O) groups excluding carboxylic acids is 3. The number of unbranched alkanes of at least 4 members (excludes halogenated alkanes) is 2. The maximum Gasteiger partial charge on any atom is 0.410 e. The van der Waals surface area contributed by atoms with Gasteiger partial charge in [0.25, 0.3) is 0 Å². The van der Waals surface area contributed by atoms with Gasteiger partial charge in [-0.3, -0.25) is 9.59 Å². The molecule has 0 unspecified atom stereocenters. The van der Waals surface area contributed by atoms with Crippen LogP contribution in [0.5, 0.6) is 5.75 Å². The zero-order chi connectivity index (χ0) is 27.3. The van der Waals surface area contributed by atoms with Crippen LogP contribution >= 0.6 is 0 Å². The van der Waals surface area contributed by atoms with E-state index in [1.54, 1.807) is 12.0 Å². The predicted octanol–water partition coefficient (Wildman–Crippen LogP) is 5.75. The predicted molar refractivity (Wildman–Crippen MR) is 148 cm³/mol. The van der Waals surface area contributed by atoms with Crippen LogP contribution < -0.4 is 9.64 Å². The molecule has 4 rings (SSSR count). The topological polar surface area (TPSA) is 76.2 Å². The molecular weight excluding hydrogens is 480 g/mol. The quantitative estimate of drug-likeness (QED) is 0.278. The Balaban J connectivity index is 1.29. The Morgan fingerprint density at radius 1 is 0.974 bits per heavy atom. The first-order chi connectivity index (χ1) is 18.2. The second kappa shape index (κ2) is 12.0. The smallest absolute Gasteiger partial charge is 0.410 e. The number of anilines is 1. The zero-order valence-electron chi connectivity index (χ0n) is 23.2. The van der Waals surface area contributed by atoms with Gasteiger partial charge in [0.1, 0.15) is 11.4 Å². The molecule has 0 atom stereocenters. The Hall–Kier alpha value is -3.35. The summed E-state index contributed by atoms with van der Waals surface area (Å²) in [7, 11) is 1.65. The Labute approximate surface area is 226 Å². The van der Waals surface area contributed by atoms with E-state index in [2.05, 4.69) is 0 Å². The summed E-state index contributed by atoms with van der Waals surface area (Å²) in [6, 6.07) is 11.8. The number of para-hydroxylation sites is 1. The molecule has 2 heterocycles. The van der Waals surface area contributed by atoms with Gasteiger partial charge in [0.05, 0.1) is 12.8 Å². The van der Waals surface area contributed by atoms with Crippen molar-refractivity contribution in [3.8, 4) is 5.75 Å². The monoisotopic (exact) mass is 520 g/mol. The average molecular weight is 521 g/mol. The summed E-state index contributed by atoms with van der Waals surface area (Å²) < 4.78 is 11.1. The number of nitrogens with zero attached hydrogens (tertiary/aromatic N) is 2. The number of amides is 2. The molecule has 0 saturated heterocycles. The van der Waals surface area contributed by atoms with Crippen molar-refractivity contribution in [3.63, 3.8) is 0 Å². The molecule has 0 aliphatic carbocycles. The highest BCUT2D eigenvalue weighted by Crippen LogP contribution is 2.37. The fourth-order valence-electron chi connectivity index (χ4n) is 5.31. The lowest BCUT2D eigenvalue weighted by Gasteiger charge is -2.27. The molecule has 0 N–H and O–H groups in total. The minimum absolute atomic E-state index is 0.152. The van der Waals surface area contributed by atoms with Gasteiger partial charge in [0, 0.05) is 38.0 Å². The Kier molecular flexibility index (Phi) is 8.75.